The fourth-order valence-corrected chi connectivity index (χ4v) is 3.74. The number of hydrogen-bond donors (Lipinski definition) is 2. The largest absolute Gasteiger partial charge is 0.462 e. The number of carbonyl (C=O) groups is 3. The van der Waals surface area contributed by atoms with E-state index in [1.165, 1.54) is 0 Å². The van der Waals surface area contributed by atoms with E-state index in [1.54, 1.807) is 38.1 Å². The van der Waals surface area contributed by atoms with E-state index in [0.29, 0.717) is 27.6 Å². The summed E-state index contributed by atoms with van der Waals surface area (Å²) in [5.74, 6) is -1.25. The van der Waals surface area contributed by atoms with Gasteiger partial charge in [0.1, 0.15) is 5.00 Å². The van der Waals surface area contributed by atoms with E-state index in [-0.39, 0.29) is 23.1 Å². The van der Waals surface area contributed by atoms with Gasteiger partial charge in [-0.2, -0.15) is 0 Å². The van der Waals surface area contributed by atoms with Crippen LogP contribution in [-0.2, 0) is 4.74 Å². The second-order valence-electron chi connectivity index (χ2n) is 6.05. The Hall–Kier alpha value is -2.38. The number of nitrogens with one attached hydrogen (secondary N) is 2. The summed E-state index contributed by atoms with van der Waals surface area (Å²) in [6.45, 7) is 6.15. The standard InChI is InChI=1S/C20H23ClN2O4S/c1-4-6-11-22-18(25)16-12(3)15(20(26)27-5-2)19(28-16)23-17(24)13-7-9-14(21)10-8-13/h7-10H,4-6,11H2,1-3H3,(H,22,25)(H,23,24). The second-order valence-corrected chi connectivity index (χ2v) is 7.51. The number of carbonyl (C=O) groups excluding carboxylic acids is 3. The molecule has 1 aromatic carbocycles. The summed E-state index contributed by atoms with van der Waals surface area (Å²) in [6, 6.07) is 6.38. The van der Waals surface area contributed by atoms with Crippen LogP contribution in [0.1, 0.15) is 62.6 Å². The van der Waals surface area contributed by atoms with Crippen molar-refractivity contribution in [3.05, 3.63) is 50.9 Å². The number of anilines is 1. The number of amides is 2. The summed E-state index contributed by atoms with van der Waals surface area (Å²) in [4.78, 5) is 37.9. The summed E-state index contributed by atoms with van der Waals surface area (Å²) in [5.41, 5.74) is 1.08. The third-order valence-corrected chi connectivity index (χ3v) is 5.44. The van der Waals surface area contributed by atoms with Crippen molar-refractivity contribution in [2.45, 2.75) is 33.6 Å². The summed E-state index contributed by atoms with van der Waals surface area (Å²) >= 11 is 6.92. The molecule has 0 saturated carbocycles. The van der Waals surface area contributed by atoms with Crippen molar-refractivity contribution in [3.63, 3.8) is 0 Å². The summed E-state index contributed by atoms with van der Waals surface area (Å²) in [6.07, 6.45) is 1.82. The summed E-state index contributed by atoms with van der Waals surface area (Å²) < 4.78 is 5.11. The van der Waals surface area contributed by atoms with E-state index >= 15 is 0 Å². The minimum atomic E-state index is -0.574. The Kier molecular flexibility index (Phi) is 8.02. The molecule has 1 aromatic heterocycles. The maximum absolute atomic E-state index is 12.6. The highest BCUT2D eigenvalue weighted by atomic mass is 35.5. The van der Waals surface area contributed by atoms with Crippen LogP contribution in [-0.4, -0.2) is 30.9 Å². The first kappa shape index (κ1) is 21.9. The van der Waals surface area contributed by atoms with Crippen LogP contribution in [0.3, 0.4) is 0 Å². The van der Waals surface area contributed by atoms with Crippen molar-refractivity contribution in [2.24, 2.45) is 0 Å². The molecule has 0 radical (unpaired) electrons. The molecule has 2 rings (SSSR count). The van der Waals surface area contributed by atoms with Gasteiger partial charge in [-0.05, 0) is 50.1 Å². The van der Waals surface area contributed by atoms with Crippen LogP contribution in [0.5, 0.6) is 0 Å². The number of thiophene rings is 1. The molecule has 6 nitrogen and oxygen atoms in total. The lowest BCUT2D eigenvalue weighted by Crippen LogP contribution is -2.24. The molecule has 0 bridgehead atoms. The molecule has 8 heteroatoms. The maximum atomic E-state index is 12.6. The van der Waals surface area contributed by atoms with Crippen LogP contribution in [0.4, 0.5) is 5.00 Å². The number of unbranched alkanes of at least 4 members (excludes halogenated alkanes) is 1. The van der Waals surface area contributed by atoms with E-state index in [2.05, 4.69) is 10.6 Å². The maximum Gasteiger partial charge on any atom is 0.341 e. The molecule has 28 heavy (non-hydrogen) atoms. The molecule has 150 valence electrons. The van der Waals surface area contributed by atoms with Crippen molar-refractivity contribution >= 4 is 45.7 Å². The lowest BCUT2D eigenvalue weighted by Gasteiger charge is -2.07. The number of esters is 1. The van der Waals surface area contributed by atoms with Crippen LogP contribution in [0, 0.1) is 6.92 Å². The topological polar surface area (TPSA) is 84.5 Å². The Labute approximate surface area is 173 Å². The zero-order valence-corrected chi connectivity index (χ0v) is 17.6. The lowest BCUT2D eigenvalue weighted by molar-refractivity contribution is 0.0527. The van der Waals surface area contributed by atoms with Crippen LogP contribution in [0.25, 0.3) is 0 Å². The minimum Gasteiger partial charge on any atom is -0.462 e. The average molecular weight is 423 g/mol. The number of hydrogen-bond acceptors (Lipinski definition) is 5. The van der Waals surface area contributed by atoms with Crippen LogP contribution in [0.2, 0.25) is 5.02 Å². The van der Waals surface area contributed by atoms with Crippen molar-refractivity contribution < 1.29 is 19.1 Å². The van der Waals surface area contributed by atoms with Crippen molar-refractivity contribution in [3.8, 4) is 0 Å². The molecule has 0 unspecified atom stereocenters. The highest BCUT2D eigenvalue weighted by molar-refractivity contribution is 7.18. The van der Waals surface area contributed by atoms with E-state index in [1.807, 2.05) is 6.92 Å². The molecule has 0 aliphatic rings. The lowest BCUT2D eigenvalue weighted by atomic mass is 10.1. The quantitative estimate of drug-likeness (QED) is 0.478. The molecular formula is C20H23ClN2O4S. The predicted octanol–water partition coefficient (Wildman–Crippen LogP) is 4.67. The summed E-state index contributed by atoms with van der Waals surface area (Å²) in [5, 5.41) is 6.36. The summed E-state index contributed by atoms with van der Waals surface area (Å²) in [7, 11) is 0. The molecule has 0 spiro atoms. The molecule has 1 heterocycles. The first-order valence-electron chi connectivity index (χ1n) is 9.04. The van der Waals surface area contributed by atoms with Crippen LogP contribution < -0.4 is 10.6 Å². The Morgan fingerprint density at radius 2 is 1.79 bits per heavy atom. The van der Waals surface area contributed by atoms with Crippen LogP contribution in [0.15, 0.2) is 24.3 Å². The van der Waals surface area contributed by atoms with E-state index in [9.17, 15) is 14.4 Å². The molecule has 0 saturated heterocycles. The Morgan fingerprint density at radius 1 is 1.11 bits per heavy atom. The first-order valence-corrected chi connectivity index (χ1v) is 10.2. The highest BCUT2D eigenvalue weighted by Crippen LogP contribution is 2.34. The van der Waals surface area contributed by atoms with Gasteiger partial charge in [0.15, 0.2) is 0 Å². The normalized spacial score (nSPS) is 10.4. The van der Waals surface area contributed by atoms with Crippen molar-refractivity contribution in [2.75, 3.05) is 18.5 Å². The monoisotopic (exact) mass is 422 g/mol. The van der Waals surface area contributed by atoms with Gasteiger partial charge in [-0.15, -0.1) is 11.3 Å². The first-order chi connectivity index (χ1) is 13.4. The molecule has 2 N–H and O–H groups in total. The number of rotatable bonds is 8. The van der Waals surface area contributed by atoms with Gasteiger partial charge in [0, 0.05) is 17.1 Å². The van der Waals surface area contributed by atoms with E-state index < -0.39 is 11.9 Å². The van der Waals surface area contributed by atoms with Gasteiger partial charge in [0.05, 0.1) is 17.0 Å². The smallest absolute Gasteiger partial charge is 0.341 e. The Bertz CT molecular complexity index is 862. The van der Waals surface area contributed by atoms with Gasteiger partial charge in [-0.25, -0.2) is 4.79 Å². The second kappa shape index (κ2) is 10.2. The fraction of sp³-hybridized carbons (Fsp3) is 0.350. The molecule has 0 atom stereocenters. The molecule has 0 aliphatic carbocycles. The van der Waals surface area contributed by atoms with Gasteiger partial charge in [0.25, 0.3) is 11.8 Å². The molecule has 2 amide bonds. The van der Waals surface area contributed by atoms with Gasteiger partial charge in [-0.3, -0.25) is 9.59 Å². The highest BCUT2D eigenvalue weighted by Gasteiger charge is 2.26. The predicted molar refractivity (Wildman–Crippen MR) is 112 cm³/mol. The molecule has 0 fully saturated rings. The third kappa shape index (κ3) is 5.33. The Morgan fingerprint density at radius 3 is 2.39 bits per heavy atom. The number of halogens is 1. The molecular weight excluding hydrogens is 400 g/mol. The number of ether oxygens (including phenoxy) is 1. The SMILES string of the molecule is CCCCNC(=O)c1sc(NC(=O)c2ccc(Cl)cc2)c(C(=O)OCC)c1C. The van der Waals surface area contributed by atoms with Gasteiger partial charge in [-0.1, -0.05) is 24.9 Å². The zero-order chi connectivity index (χ0) is 20.7. The van der Waals surface area contributed by atoms with Gasteiger partial charge < -0.3 is 15.4 Å². The molecule has 0 aliphatic heterocycles. The average Bonchev–Trinajstić information content (AvgIpc) is 2.98. The van der Waals surface area contributed by atoms with Crippen molar-refractivity contribution in [1.82, 2.24) is 5.32 Å². The van der Waals surface area contributed by atoms with Crippen molar-refractivity contribution in [1.29, 1.82) is 0 Å². The fourth-order valence-electron chi connectivity index (χ4n) is 2.50. The third-order valence-electron chi connectivity index (χ3n) is 3.98. The zero-order valence-electron chi connectivity index (χ0n) is 16.1. The van der Waals surface area contributed by atoms with Gasteiger partial charge in [0.2, 0.25) is 0 Å². The minimum absolute atomic E-state index is 0.191. The van der Waals surface area contributed by atoms with Crippen LogP contribution >= 0.6 is 22.9 Å². The molecule has 2 aromatic rings. The number of benzene rings is 1. The van der Waals surface area contributed by atoms with E-state index in [4.69, 9.17) is 16.3 Å². The van der Waals surface area contributed by atoms with Gasteiger partial charge >= 0.3 is 5.97 Å². The Balaban J connectivity index is 2.33. The van der Waals surface area contributed by atoms with E-state index in [0.717, 1.165) is 24.2 Å².